The number of hydrogen-bond acceptors (Lipinski definition) is 2. The summed E-state index contributed by atoms with van der Waals surface area (Å²) in [7, 11) is 0. The molecule has 1 unspecified atom stereocenters. The van der Waals surface area contributed by atoms with E-state index in [0.29, 0.717) is 24.9 Å². The first kappa shape index (κ1) is 14.4. The van der Waals surface area contributed by atoms with Crippen molar-refractivity contribution in [3.05, 3.63) is 0 Å². The van der Waals surface area contributed by atoms with Gasteiger partial charge in [-0.15, -0.1) is 6.42 Å². The molecule has 0 bridgehead atoms. The van der Waals surface area contributed by atoms with Crippen LogP contribution in [0.1, 0.15) is 20.3 Å². The first-order valence-electron chi connectivity index (χ1n) is 6.14. The molecular weight excluding hydrogens is 232 g/mol. The second kappa shape index (κ2) is 6.29. The van der Waals surface area contributed by atoms with Crippen molar-refractivity contribution in [2.45, 2.75) is 20.3 Å². The van der Waals surface area contributed by atoms with E-state index in [4.69, 9.17) is 11.5 Å². The Kier molecular flexibility index (Phi) is 5.02. The van der Waals surface area contributed by atoms with E-state index in [9.17, 15) is 9.59 Å². The maximum Gasteiger partial charge on any atom is 0.323 e. The summed E-state index contributed by atoms with van der Waals surface area (Å²) >= 11 is 0. The van der Waals surface area contributed by atoms with E-state index < -0.39 is 5.97 Å². The number of rotatable bonds is 4. The molecule has 0 radical (unpaired) electrons. The van der Waals surface area contributed by atoms with E-state index in [0.717, 1.165) is 6.42 Å². The summed E-state index contributed by atoms with van der Waals surface area (Å²) in [5, 5.41) is 8.76. The predicted molar refractivity (Wildman–Crippen MR) is 68.0 cm³/mol. The van der Waals surface area contributed by atoms with Crippen molar-refractivity contribution >= 4 is 12.0 Å². The second-order valence-corrected chi connectivity index (χ2v) is 4.98. The van der Waals surface area contributed by atoms with Crippen LogP contribution in [0.4, 0.5) is 4.79 Å². The van der Waals surface area contributed by atoms with Crippen LogP contribution in [0, 0.1) is 24.2 Å². The summed E-state index contributed by atoms with van der Waals surface area (Å²) < 4.78 is 0. The SMILES string of the molecule is C#CCN(CC(=O)O)C(=O)N1CCC(C(C)C)C1. The summed E-state index contributed by atoms with van der Waals surface area (Å²) in [6.45, 7) is 5.34. The Morgan fingerprint density at radius 1 is 1.56 bits per heavy atom. The molecule has 0 aliphatic carbocycles. The highest BCUT2D eigenvalue weighted by Gasteiger charge is 2.31. The lowest BCUT2D eigenvalue weighted by atomic mass is 9.95. The van der Waals surface area contributed by atoms with E-state index >= 15 is 0 Å². The van der Waals surface area contributed by atoms with Crippen LogP contribution in [0.3, 0.4) is 0 Å². The smallest absolute Gasteiger partial charge is 0.323 e. The van der Waals surface area contributed by atoms with Crippen molar-refractivity contribution in [1.29, 1.82) is 0 Å². The number of likely N-dealkylation sites (tertiary alicyclic amines) is 1. The minimum absolute atomic E-state index is 0.0357. The predicted octanol–water partition coefficient (Wildman–Crippen LogP) is 1.10. The maximum absolute atomic E-state index is 12.1. The summed E-state index contributed by atoms with van der Waals surface area (Å²) in [6, 6.07) is -0.265. The van der Waals surface area contributed by atoms with Gasteiger partial charge in [-0.1, -0.05) is 19.8 Å². The van der Waals surface area contributed by atoms with Crippen molar-refractivity contribution in [2.24, 2.45) is 11.8 Å². The van der Waals surface area contributed by atoms with E-state index in [1.54, 1.807) is 4.90 Å². The Morgan fingerprint density at radius 3 is 2.67 bits per heavy atom. The molecule has 1 heterocycles. The molecule has 1 aliphatic rings. The molecule has 1 rings (SSSR count). The third kappa shape index (κ3) is 3.66. The first-order chi connectivity index (χ1) is 8.45. The quantitative estimate of drug-likeness (QED) is 0.762. The van der Waals surface area contributed by atoms with Gasteiger partial charge in [-0.2, -0.15) is 0 Å². The topological polar surface area (TPSA) is 60.9 Å². The standard InChI is InChI=1S/C13H20N2O3/c1-4-6-14(9-12(16)17)13(18)15-7-5-11(8-15)10(2)3/h1,10-11H,5-9H2,2-3H3,(H,16,17). The molecule has 1 fully saturated rings. The summed E-state index contributed by atoms with van der Waals surface area (Å²) in [5.74, 6) is 2.31. The Morgan fingerprint density at radius 2 is 2.22 bits per heavy atom. The van der Waals surface area contributed by atoms with Crippen LogP contribution < -0.4 is 0 Å². The number of terminal acetylenes is 1. The highest BCUT2D eigenvalue weighted by molar-refractivity contribution is 5.80. The lowest BCUT2D eigenvalue weighted by Crippen LogP contribution is -2.44. The molecule has 0 aromatic rings. The average molecular weight is 252 g/mol. The number of nitrogens with zero attached hydrogens (tertiary/aromatic N) is 2. The van der Waals surface area contributed by atoms with E-state index in [-0.39, 0.29) is 19.1 Å². The van der Waals surface area contributed by atoms with E-state index in [1.165, 1.54) is 4.90 Å². The third-order valence-corrected chi connectivity index (χ3v) is 3.32. The molecule has 1 aliphatic heterocycles. The maximum atomic E-state index is 12.1. The number of carboxylic acid groups (broad SMARTS) is 1. The number of carboxylic acids is 1. The third-order valence-electron chi connectivity index (χ3n) is 3.32. The molecule has 1 N–H and O–H groups in total. The largest absolute Gasteiger partial charge is 0.480 e. The van der Waals surface area contributed by atoms with Gasteiger partial charge >= 0.3 is 12.0 Å². The lowest BCUT2D eigenvalue weighted by Gasteiger charge is -2.25. The lowest BCUT2D eigenvalue weighted by molar-refractivity contribution is -0.137. The average Bonchev–Trinajstić information content (AvgIpc) is 2.76. The molecule has 2 amide bonds. The normalized spacial score (nSPS) is 18.8. The van der Waals surface area contributed by atoms with Crippen LogP contribution in [-0.2, 0) is 4.79 Å². The van der Waals surface area contributed by atoms with Crippen molar-refractivity contribution in [3.63, 3.8) is 0 Å². The van der Waals surface area contributed by atoms with Crippen molar-refractivity contribution in [2.75, 3.05) is 26.2 Å². The van der Waals surface area contributed by atoms with Crippen LogP contribution in [0.15, 0.2) is 0 Å². The van der Waals surface area contributed by atoms with E-state index in [1.807, 2.05) is 0 Å². The van der Waals surface area contributed by atoms with Gasteiger partial charge in [0.1, 0.15) is 6.54 Å². The van der Waals surface area contributed by atoms with Crippen LogP contribution in [-0.4, -0.2) is 53.1 Å². The zero-order valence-electron chi connectivity index (χ0n) is 10.9. The summed E-state index contributed by atoms with van der Waals surface area (Å²) in [5.41, 5.74) is 0. The Labute approximate surface area is 108 Å². The van der Waals surface area contributed by atoms with Crippen LogP contribution >= 0.6 is 0 Å². The van der Waals surface area contributed by atoms with Crippen molar-refractivity contribution < 1.29 is 14.7 Å². The zero-order chi connectivity index (χ0) is 13.7. The van der Waals surface area contributed by atoms with Gasteiger partial charge in [0.15, 0.2) is 0 Å². The highest BCUT2D eigenvalue weighted by atomic mass is 16.4. The number of hydrogen-bond donors (Lipinski definition) is 1. The number of carbonyl (C=O) groups is 2. The second-order valence-electron chi connectivity index (χ2n) is 4.98. The fourth-order valence-corrected chi connectivity index (χ4v) is 2.17. The number of urea groups is 1. The molecule has 5 heteroatoms. The first-order valence-corrected chi connectivity index (χ1v) is 6.14. The Balaban J connectivity index is 2.62. The van der Waals surface area contributed by atoms with Crippen LogP contribution in [0.25, 0.3) is 0 Å². The molecule has 1 atom stereocenters. The molecule has 18 heavy (non-hydrogen) atoms. The van der Waals surface area contributed by atoms with Gasteiger partial charge in [0.25, 0.3) is 0 Å². The molecule has 1 saturated heterocycles. The fraction of sp³-hybridized carbons (Fsp3) is 0.692. The highest BCUT2D eigenvalue weighted by Crippen LogP contribution is 2.24. The molecule has 0 aromatic heterocycles. The number of aliphatic carboxylic acids is 1. The van der Waals surface area contributed by atoms with Gasteiger partial charge in [0.05, 0.1) is 6.54 Å². The molecule has 5 nitrogen and oxygen atoms in total. The Hall–Kier alpha value is -1.70. The molecule has 100 valence electrons. The van der Waals surface area contributed by atoms with Crippen LogP contribution in [0.2, 0.25) is 0 Å². The van der Waals surface area contributed by atoms with Crippen molar-refractivity contribution in [1.82, 2.24) is 9.80 Å². The van der Waals surface area contributed by atoms with Gasteiger partial charge in [-0.25, -0.2) is 4.79 Å². The van der Waals surface area contributed by atoms with Gasteiger partial charge in [-0.3, -0.25) is 4.79 Å². The zero-order valence-corrected chi connectivity index (χ0v) is 10.9. The number of carbonyl (C=O) groups excluding carboxylic acids is 1. The van der Waals surface area contributed by atoms with Gasteiger partial charge in [-0.05, 0) is 18.3 Å². The van der Waals surface area contributed by atoms with Gasteiger partial charge < -0.3 is 14.9 Å². The fourth-order valence-electron chi connectivity index (χ4n) is 2.17. The van der Waals surface area contributed by atoms with Crippen LogP contribution in [0.5, 0.6) is 0 Å². The summed E-state index contributed by atoms with van der Waals surface area (Å²) in [4.78, 5) is 25.7. The Bertz CT molecular complexity index is 360. The minimum atomic E-state index is -1.04. The molecule has 0 saturated carbocycles. The number of amides is 2. The summed E-state index contributed by atoms with van der Waals surface area (Å²) in [6.07, 6.45) is 6.13. The molecule has 0 aromatic carbocycles. The molecule has 0 spiro atoms. The minimum Gasteiger partial charge on any atom is -0.480 e. The van der Waals surface area contributed by atoms with Gasteiger partial charge in [0.2, 0.25) is 0 Å². The van der Waals surface area contributed by atoms with Crippen molar-refractivity contribution in [3.8, 4) is 12.3 Å². The monoisotopic (exact) mass is 252 g/mol. The van der Waals surface area contributed by atoms with E-state index in [2.05, 4.69) is 19.8 Å². The molecular formula is C13H20N2O3. The van der Waals surface area contributed by atoms with Gasteiger partial charge in [0, 0.05) is 13.1 Å².